The molecule has 1 saturated heterocycles. The van der Waals surface area contributed by atoms with Gasteiger partial charge in [0.1, 0.15) is 0 Å². The summed E-state index contributed by atoms with van der Waals surface area (Å²) < 4.78 is 12.3. The Balaban J connectivity index is 1.57. The van der Waals surface area contributed by atoms with Crippen molar-refractivity contribution < 1.29 is 14.1 Å². The number of amides is 1. The number of carbonyl (C=O) groups excluding carboxylic acids is 1. The maximum absolute atomic E-state index is 12.5. The third-order valence-corrected chi connectivity index (χ3v) is 5.68. The van der Waals surface area contributed by atoms with Gasteiger partial charge in [-0.3, -0.25) is 4.79 Å². The molecule has 142 valence electrons. The number of hydrogen-bond acceptors (Lipinski definition) is 3. The summed E-state index contributed by atoms with van der Waals surface area (Å²) in [4.78, 5) is 12.5. The first-order chi connectivity index (χ1) is 13.2. The van der Waals surface area contributed by atoms with Crippen molar-refractivity contribution in [3.63, 3.8) is 0 Å². The van der Waals surface area contributed by atoms with Crippen molar-refractivity contribution in [2.24, 2.45) is 0 Å². The maximum Gasteiger partial charge on any atom is 0.494 e. The summed E-state index contributed by atoms with van der Waals surface area (Å²) in [5, 5.41) is 4.96. The molecule has 0 aliphatic carbocycles. The van der Waals surface area contributed by atoms with Gasteiger partial charge >= 0.3 is 7.12 Å². The first-order valence-corrected chi connectivity index (χ1v) is 9.51. The molecule has 0 saturated carbocycles. The molecule has 1 amide bonds. The van der Waals surface area contributed by atoms with Crippen LogP contribution in [0.1, 0.15) is 38.1 Å². The van der Waals surface area contributed by atoms with Gasteiger partial charge in [-0.2, -0.15) is 0 Å². The zero-order valence-corrected chi connectivity index (χ0v) is 16.7. The van der Waals surface area contributed by atoms with E-state index in [4.69, 9.17) is 9.31 Å². The molecule has 1 fully saturated rings. The highest BCUT2D eigenvalue weighted by Crippen LogP contribution is 2.36. The molecule has 1 N–H and O–H groups in total. The number of benzene rings is 3. The van der Waals surface area contributed by atoms with Gasteiger partial charge in [0, 0.05) is 11.3 Å². The molecule has 1 aliphatic rings. The number of hydrogen-bond donors (Lipinski definition) is 1. The van der Waals surface area contributed by atoms with E-state index < -0.39 is 7.12 Å². The Kier molecular flexibility index (Phi) is 4.52. The summed E-state index contributed by atoms with van der Waals surface area (Å²) in [6.07, 6.45) is 0. The molecule has 0 aromatic heterocycles. The number of rotatable bonds is 3. The van der Waals surface area contributed by atoms with Crippen molar-refractivity contribution in [2.45, 2.75) is 38.9 Å². The van der Waals surface area contributed by atoms with E-state index in [0.29, 0.717) is 5.56 Å². The summed E-state index contributed by atoms with van der Waals surface area (Å²) in [7, 11) is -0.393. The van der Waals surface area contributed by atoms with Gasteiger partial charge in [0.05, 0.1) is 11.2 Å². The second kappa shape index (κ2) is 6.76. The van der Waals surface area contributed by atoms with Crippen molar-refractivity contribution in [1.82, 2.24) is 0 Å². The predicted molar refractivity (Wildman–Crippen MR) is 114 cm³/mol. The molecule has 0 bridgehead atoms. The molecule has 4 rings (SSSR count). The summed E-state index contributed by atoms with van der Waals surface area (Å²) >= 11 is 0. The smallest absolute Gasteiger partial charge is 0.399 e. The van der Waals surface area contributed by atoms with Gasteiger partial charge in [0.2, 0.25) is 0 Å². The minimum absolute atomic E-state index is 0.122. The average Bonchev–Trinajstić information content (AvgIpc) is 2.89. The van der Waals surface area contributed by atoms with Crippen LogP contribution in [-0.4, -0.2) is 24.2 Å². The monoisotopic (exact) mass is 373 g/mol. The Morgan fingerprint density at radius 3 is 2.11 bits per heavy atom. The largest absolute Gasteiger partial charge is 0.494 e. The lowest BCUT2D eigenvalue weighted by atomic mass is 9.78. The SMILES string of the molecule is CC1(C)OB(c2ccc3cc(C(=O)Nc4ccccc4)ccc3c2)OC1(C)C. The van der Waals surface area contributed by atoms with E-state index in [2.05, 4.69) is 11.4 Å². The van der Waals surface area contributed by atoms with Crippen LogP contribution in [0.5, 0.6) is 0 Å². The lowest BCUT2D eigenvalue weighted by Crippen LogP contribution is -2.41. The van der Waals surface area contributed by atoms with E-state index in [1.807, 2.05) is 88.4 Å². The zero-order valence-electron chi connectivity index (χ0n) is 16.7. The molecule has 0 unspecified atom stereocenters. The summed E-state index contributed by atoms with van der Waals surface area (Å²) in [6, 6.07) is 21.2. The number of fused-ring (bicyclic) bond motifs is 1. The highest BCUT2D eigenvalue weighted by Gasteiger charge is 2.51. The van der Waals surface area contributed by atoms with Gasteiger partial charge in [-0.15, -0.1) is 0 Å². The van der Waals surface area contributed by atoms with Crippen LogP contribution in [0.3, 0.4) is 0 Å². The van der Waals surface area contributed by atoms with Crippen LogP contribution < -0.4 is 10.8 Å². The molecule has 0 radical (unpaired) electrons. The van der Waals surface area contributed by atoms with Gasteiger partial charge in [-0.1, -0.05) is 42.5 Å². The Labute approximate surface area is 166 Å². The van der Waals surface area contributed by atoms with Gasteiger partial charge in [-0.05, 0) is 68.2 Å². The Hall–Kier alpha value is -2.63. The quantitative estimate of drug-likeness (QED) is 0.693. The lowest BCUT2D eigenvalue weighted by molar-refractivity contribution is 0.00578. The summed E-state index contributed by atoms with van der Waals surface area (Å²) in [6.45, 7) is 8.19. The van der Waals surface area contributed by atoms with Crippen molar-refractivity contribution in [3.8, 4) is 0 Å². The van der Waals surface area contributed by atoms with Crippen molar-refractivity contribution in [3.05, 3.63) is 72.3 Å². The Morgan fingerprint density at radius 2 is 1.43 bits per heavy atom. The molecule has 3 aromatic rings. The van der Waals surface area contributed by atoms with Crippen LogP contribution in [0, 0.1) is 0 Å². The number of para-hydroxylation sites is 1. The zero-order chi connectivity index (χ0) is 19.9. The average molecular weight is 373 g/mol. The first kappa shape index (κ1) is 18.7. The number of carbonyl (C=O) groups is 1. The first-order valence-electron chi connectivity index (χ1n) is 9.51. The van der Waals surface area contributed by atoms with E-state index in [1.54, 1.807) is 0 Å². The third-order valence-electron chi connectivity index (χ3n) is 5.68. The van der Waals surface area contributed by atoms with Crippen molar-refractivity contribution in [1.29, 1.82) is 0 Å². The van der Waals surface area contributed by atoms with Gasteiger partial charge in [0.15, 0.2) is 0 Å². The van der Waals surface area contributed by atoms with Crippen molar-refractivity contribution in [2.75, 3.05) is 5.32 Å². The fourth-order valence-electron chi connectivity index (χ4n) is 3.26. The predicted octanol–water partition coefficient (Wildman–Crippen LogP) is 4.39. The molecule has 1 aliphatic heterocycles. The molecular formula is C23H24BNO3. The second-order valence-electron chi connectivity index (χ2n) is 8.23. The van der Waals surface area contributed by atoms with Crippen LogP contribution in [0.4, 0.5) is 5.69 Å². The van der Waals surface area contributed by atoms with Crippen LogP contribution in [0.2, 0.25) is 0 Å². The highest BCUT2D eigenvalue weighted by atomic mass is 16.7. The topological polar surface area (TPSA) is 47.6 Å². The molecule has 0 spiro atoms. The normalized spacial score (nSPS) is 17.6. The van der Waals surface area contributed by atoms with E-state index in [9.17, 15) is 4.79 Å². The molecule has 4 nitrogen and oxygen atoms in total. The standard InChI is InChI=1S/C23H24BNO3/c1-22(2)23(3,4)28-24(27-22)19-13-12-16-14-18(11-10-17(16)15-19)21(26)25-20-8-6-5-7-9-20/h5-15H,1-4H3,(H,25,26). The molecule has 0 atom stereocenters. The minimum atomic E-state index is -0.393. The van der Waals surface area contributed by atoms with Crippen molar-refractivity contribution >= 4 is 34.9 Å². The summed E-state index contributed by atoms with van der Waals surface area (Å²) in [5.74, 6) is -0.122. The second-order valence-corrected chi connectivity index (χ2v) is 8.23. The van der Waals surface area contributed by atoms with E-state index >= 15 is 0 Å². The van der Waals surface area contributed by atoms with Gasteiger partial charge in [0.25, 0.3) is 5.91 Å². The molecule has 3 aromatic carbocycles. The fourth-order valence-corrected chi connectivity index (χ4v) is 3.26. The summed E-state index contributed by atoms with van der Waals surface area (Å²) in [5.41, 5.74) is 1.65. The lowest BCUT2D eigenvalue weighted by Gasteiger charge is -2.32. The highest BCUT2D eigenvalue weighted by molar-refractivity contribution is 6.62. The minimum Gasteiger partial charge on any atom is -0.399 e. The Bertz CT molecular complexity index is 1010. The van der Waals surface area contributed by atoms with Gasteiger partial charge in [-0.25, -0.2) is 0 Å². The fraction of sp³-hybridized carbons (Fsp3) is 0.261. The van der Waals surface area contributed by atoms with Crippen LogP contribution in [0.25, 0.3) is 10.8 Å². The van der Waals surface area contributed by atoms with E-state index in [0.717, 1.165) is 21.9 Å². The van der Waals surface area contributed by atoms with Gasteiger partial charge < -0.3 is 14.6 Å². The van der Waals surface area contributed by atoms with Crippen LogP contribution >= 0.6 is 0 Å². The van der Waals surface area contributed by atoms with Crippen LogP contribution in [-0.2, 0) is 9.31 Å². The van der Waals surface area contributed by atoms with E-state index in [1.165, 1.54) is 0 Å². The number of anilines is 1. The molecule has 1 heterocycles. The third kappa shape index (κ3) is 3.43. The molecular weight excluding hydrogens is 349 g/mol. The Morgan fingerprint density at radius 1 is 0.821 bits per heavy atom. The van der Waals surface area contributed by atoms with E-state index in [-0.39, 0.29) is 17.1 Å². The molecule has 28 heavy (non-hydrogen) atoms. The maximum atomic E-state index is 12.5. The van der Waals surface area contributed by atoms with Crippen LogP contribution in [0.15, 0.2) is 66.7 Å². The number of nitrogens with one attached hydrogen (secondary N) is 1. The molecule has 5 heteroatoms.